The minimum Gasteiger partial charge on any atom is -0.478 e. The zero-order chi connectivity index (χ0) is 21.6. The Bertz CT molecular complexity index is 894. The van der Waals surface area contributed by atoms with Gasteiger partial charge < -0.3 is 20.1 Å². The number of aliphatic carboxylic acids is 2. The molecule has 0 radical (unpaired) electrons. The summed E-state index contributed by atoms with van der Waals surface area (Å²) < 4.78 is 0. The average Bonchev–Trinajstić information content (AvgIpc) is 3.11. The van der Waals surface area contributed by atoms with Crippen LogP contribution in [0.3, 0.4) is 0 Å². The van der Waals surface area contributed by atoms with Crippen molar-refractivity contribution in [3.8, 4) is 0 Å². The molecule has 1 aliphatic rings. The molecule has 0 bridgehead atoms. The number of aromatic amines is 1. The van der Waals surface area contributed by atoms with Gasteiger partial charge in [-0.25, -0.2) is 9.59 Å². The van der Waals surface area contributed by atoms with E-state index in [0.29, 0.717) is 24.1 Å². The molecule has 9 nitrogen and oxygen atoms in total. The molecule has 1 aliphatic heterocycles. The fraction of sp³-hybridized carbons (Fsp3) is 0.400. The van der Waals surface area contributed by atoms with Gasteiger partial charge in [-0.1, -0.05) is 6.07 Å². The summed E-state index contributed by atoms with van der Waals surface area (Å²) in [6.07, 6.45) is 5.21. The molecule has 1 aromatic heterocycles. The Morgan fingerprint density at radius 2 is 1.79 bits per heavy atom. The number of H-pyrrole nitrogens is 1. The van der Waals surface area contributed by atoms with Gasteiger partial charge in [0.1, 0.15) is 0 Å². The number of rotatable bonds is 5. The van der Waals surface area contributed by atoms with Gasteiger partial charge in [0.05, 0.1) is 15.8 Å². The van der Waals surface area contributed by atoms with Gasteiger partial charge in [-0.15, -0.1) is 0 Å². The average molecular weight is 403 g/mol. The van der Waals surface area contributed by atoms with Crippen molar-refractivity contribution in [3.63, 3.8) is 0 Å². The fourth-order valence-electron chi connectivity index (χ4n) is 3.54. The molecule has 0 saturated carbocycles. The van der Waals surface area contributed by atoms with Gasteiger partial charge in [-0.2, -0.15) is 0 Å². The molecule has 1 saturated heterocycles. The van der Waals surface area contributed by atoms with Gasteiger partial charge in [-0.05, 0) is 57.3 Å². The molecule has 3 N–H and O–H groups in total. The van der Waals surface area contributed by atoms with E-state index in [1.807, 2.05) is 12.3 Å². The topological polar surface area (TPSA) is 137 Å². The second-order valence-corrected chi connectivity index (χ2v) is 7.11. The van der Waals surface area contributed by atoms with Crippen LogP contribution in [-0.2, 0) is 9.59 Å². The van der Waals surface area contributed by atoms with Gasteiger partial charge in [0.15, 0.2) is 0 Å². The summed E-state index contributed by atoms with van der Waals surface area (Å²) >= 11 is 0. The zero-order valence-corrected chi connectivity index (χ0v) is 16.4. The van der Waals surface area contributed by atoms with E-state index in [0.717, 1.165) is 42.4 Å². The predicted molar refractivity (Wildman–Crippen MR) is 108 cm³/mol. The highest BCUT2D eigenvalue weighted by Gasteiger charge is 2.26. The van der Waals surface area contributed by atoms with E-state index in [1.54, 1.807) is 12.1 Å². The van der Waals surface area contributed by atoms with Crippen molar-refractivity contribution in [1.29, 1.82) is 0 Å². The van der Waals surface area contributed by atoms with Crippen LogP contribution in [0, 0.1) is 10.1 Å². The fourth-order valence-corrected chi connectivity index (χ4v) is 3.54. The number of hydrogen-bond donors (Lipinski definition) is 3. The summed E-state index contributed by atoms with van der Waals surface area (Å²) in [6.45, 7) is 6.57. The molecular formula is C20H25N3O6. The van der Waals surface area contributed by atoms with E-state index in [1.165, 1.54) is 0 Å². The normalized spacial score (nSPS) is 15.4. The lowest BCUT2D eigenvalue weighted by atomic mass is 9.88. The molecule has 3 rings (SSSR count). The molecular weight excluding hydrogens is 378 g/mol. The highest BCUT2D eigenvalue weighted by molar-refractivity contribution is 5.92. The lowest BCUT2D eigenvalue weighted by molar-refractivity contribution is -0.383. The molecule has 0 aliphatic carbocycles. The van der Waals surface area contributed by atoms with E-state index >= 15 is 0 Å². The standard InChI is InChI=1S/C16H21N3O2.C4H4O4/c1-11(2)18-8-6-12(7-9-18)13-10-17-14-4-3-5-15(16(13)14)19(20)21;5-3(6)1-2-4(7)8/h3-5,10-12,17H,6-9H2,1-2H3;1-2H,(H,5,6)(H,7,8)/b;2-1-. The highest BCUT2D eigenvalue weighted by Crippen LogP contribution is 2.37. The lowest BCUT2D eigenvalue weighted by Crippen LogP contribution is -2.37. The Labute approximate surface area is 167 Å². The largest absolute Gasteiger partial charge is 0.478 e. The van der Waals surface area contributed by atoms with Crippen LogP contribution >= 0.6 is 0 Å². The van der Waals surface area contributed by atoms with Gasteiger partial charge in [-0.3, -0.25) is 10.1 Å². The van der Waals surface area contributed by atoms with Crippen molar-refractivity contribution >= 4 is 28.5 Å². The number of carboxylic acids is 2. The Kier molecular flexibility index (Phi) is 7.49. The molecule has 0 unspecified atom stereocenters. The number of likely N-dealkylation sites (tertiary alicyclic amines) is 1. The van der Waals surface area contributed by atoms with Crippen LogP contribution in [0.15, 0.2) is 36.5 Å². The molecule has 2 heterocycles. The van der Waals surface area contributed by atoms with Crippen LogP contribution in [0.5, 0.6) is 0 Å². The number of carbonyl (C=O) groups is 2. The number of nitrogens with one attached hydrogen (secondary N) is 1. The molecule has 29 heavy (non-hydrogen) atoms. The van der Waals surface area contributed by atoms with Crippen molar-refractivity contribution in [1.82, 2.24) is 9.88 Å². The first-order chi connectivity index (χ1) is 13.7. The monoisotopic (exact) mass is 403 g/mol. The Balaban J connectivity index is 0.000000321. The first kappa shape index (κ1) is 22.1. The zero-order valence-electron chi connectivity index (χ0n) is 16.4. The molecule has 0 spiro atoms. The lowest BCUT2D eigenvalue weighted by Gasteiger charge is -2.34. The number of aromatic nitrogens is 1. The Morgan fingerprint density at radius 1 is 1.21 bits per heavy atom. The molecule has 2 aromatic rings. The van der Waals surface area contributed by atoms with Crippen LogP contribution in [-0.4, -0.2) is 56.1 Å². The minimum absolute atomic E-state index is 0.218. The van der Waals surface area contributed by atoms with E-state index in [-0.39, 0.29) is 10.6 Å². The van der Waals surface area contributed by atoms with Gasteiger partial charge in [0, 0.05) is 30.5 Å². The van der Waals surface area contributed by atoms with Gasteiger partial charge >= 0.3 is 11.9 Å². The number of benzene rings is 1. The SMILES string of the molecule is CC(C)N1CCC(c2c[nH]c3cccc([N+](=O)[O-])c23)CC1.O=C(O)/C=C\C(=O)O. The number of nitrogens with zero attached hydrogens (tertiary/aromatic N) is 2. The number of fused-ring (bicyclic) bond motifs is 1. The van der Waals surface area contributed by atoms with Crippen molar-refractivity contribution < 1.29 is 24.7 Å². The smallest absolute Gasteiger partial charge is 0.328 e. The van der Waals surface area contributed by atoms with Crippen molar-refractivity contribution in [2.24, 2.45) is 0 Å². The predicted octanol–water partition coefficient (Wildman–Crippen LogP) is 3.38. The van der Waals surface area contributed by atoms with Crippen LogP contribution in [0.2, 0.25) is 0 Å². The number of piperidine rings is 1. The van der Waals surface area contributed by atoms with Crippen molar-refractivity contribution in [2.45, 2.75) is 38.6 Å². The van der Waals surface area contributed by atoms with Gasteiger partial charge in [0.2, 0.25) is 0 Å². The van der Waals surface area contributed by atoms with Crippen LogP contribution in [0.4, 0.5) is 5.69 Å². The number of hydrogen-bond acceptors (Lipinski definition) is 5. The maximum atomic E-state index is 11.3. The molecule has 1 fully saturated rings. The minimum atomic E-state index is -1.26. The molecule has 156 valence electrons. The van der Waals surface area contributed by atoms with Crippen LogP contribution < -0.4 is 0 Å². The third kappa shape index (κ3) is 5.89. The van der Waals surface area contributed by atoms with Crippen molar-refractivity contribution in [2.75, 3.05) is 13.1 Å². The van der Waals surface area contributed by atoms with Crippen molar-refractivity contribution in [3.05, 3.63) is 52.2 Å². The maximum absolute atomic E-state index is 11.3. The van der Waals surface area contributed by atoms with E-state index in [9.17, 15) is 19.7 Å². The molecule has 0 amide bonds. The number of nitro benzene ring substituents is 1. The summed E-state index contributed by atoms with van der Waals surface area (Å²) in [7, 11) is 0. The van der Waals surface area contributed by atoms with Gasteiger partial charge in [0.25, 0.3) is 5.69 Å². The quantitative estimate of drug-likeness (QED) is 0.395. The first-order valence-corrected chi connectivity index (χ1v) is 9.33. The second kappa shape index (κ2) is 9.83. The van der Waals surface area contributed by atoms with Crippen LogP contribution in [0.1, 0.15) is 38.2 Å². The van der Waals surface area contributed by atoms with E-state index in [2.05, 4.69) is 23.7 Å². The van der Waals surface area contributed by atoms with E-state index < -0.39 is 11.9 Å². The summed E-state index contributed by atoms with van der Waals surface area (Å²) in [5.41, 5.74) is 2.20. The Morgan fingerprint density at radius 3 is 2.28 bits per heavy atom. The van der Waals surface area contributed by atoms with Crippen LogP contribution in [0.25, 0.3) is 10.9 Å². The number of non-ortho nitro benzene ring substituents is 1. The number of carboxylic acid groups (broad SMARTS) is 2. The first-order valence-electron chi connectivity index (χ1n) is 9.33. The second-order valence-electron chi connectivity index (χ2n) is 7.11. The molecule has 1 aromatic carbocycles. The third-order valence-electron chi connectivity index (χ3n) is 4.98. The summed E-state index contributed by atoms with van der Waals surface area (Å²) in [4.78, 5) is 35.8. The summed E-state index contributed by atoms with van der Waals surface area (Å²) in [5, 5.41) is 27.7. The number of nitro groups is 1. The van der Waals surface area contributed by atoms with E-state index in [4.69, 9.17) is 10.2 Å². The Hall–Kier alpha value is -3.20. The maximum Gasteiger partial charge on any atom is 0.328 e. The highest BCUT2D eigenvalue weighted by atomic mass is 16.6. The summed E-state index contributed by atoms with van der Waals surface area (Å²) in [6, 6.07) is 5.82. The molecule has 0 atom stereocenters. The molecule has 9 heteroatoms. The summed E-state index contributed by atoms with van der Waals surface area (Å²) in [5.74, 6) is -2.10. The third-order valence-corrected chi connectivity index (χ3v) is 4.98.